The fourth-order valence-electron chi connectivity index (χ4n) is 3.36. The number of aromatic nitrogens is 1. The summed E-state index contributed by atoms with van der Waals surface area (Å²) in [7, 11) is 0. The highest BCUT2D eigenvalue weighted by atomic mass is 35.5. The number of thiazole rings is 1. The van der Waals surface area contributed by atoms with Crippen molar-refractivity contribution >= 4 is 40.2 Å². The quantitative estimate of drug-likeness (QED) is 0.653. The molecule has 5 nitrogen and oxygen atoms in total. The van der Waals surface area contributed by atoms with Crippen LogP contribution in [0.15, 0.2) is 46.8 Å². The third kappa shape index (κ3) is 3.12. The number of anilines is 1. The molecule has 1 fully saturated rings. The number of hydrogen-bond acceptors (Lipinski definition) is 4. The van der Waals surface area contributed by atoms with Gasteiger partial charge in [-0.2, -0.15) is 0 Å². The van der Waals surface area contributed by atoms with E-state index in [1.165, 1.54) is 0 Å². The van der Waals surface area contributed by atoms with Crippen LogP contribution in [0.25, 0.3) is 11.3 Å². The second-order valence-corrected chi connectivity index (χ2v) is 8.29. The predicted molar refractivity (Wildman–Crippen MR) is 112 cm³/mol. The summed E-state index contributed by atoms with van der Waals surface area (Å²) >= 11 is 7.89. The Balaban J connectivity index is 1.63. The summed E-state index contributed by atoms with van der Waals surface area (Å²) in [4.78, 5) is 17.5. The van der Waals surface area contributed by atoms with Gasteiger partial charge in [0, 0.05) is 22.0 Å². The van der Waals surface area contributed by atoms with Gasteiger partial charge in [0.1, 0.15) is 5.75 Å². The number of carbonyl (C=O) groups excluding carboxylic acids is 1. The number of rotatable bonds is 3. The zero-order chi connectivity index (χ0) is 19.3. The topological polar surface area (TPSA) is 55.6 Å². The molecule has 2 aliphatic rings. The number of benzene rings is 2. The Kier molecular flexibility index (Phi) is 4.25. The van der Waals surface area contributed by atoms with Crippen molar-refractivity contribution in [1.29, 1.82) is 0 Å². The highest BCUT2D eigenvalue weighted by Crippen LogP contribution is 2.40. The van der Waals surface area contributed by atoms with Crippen LogP contribution in [0, 0.1) is 6.92 Å². The molecule has 0 atom stereocenters. The minimum Gasteiger partial charge on any atom is -0.482 e. The standard InChI is InChI=1S/C21H18ClN3O2S/c1-12-15(22)3-2-4-16(12)24-21-25(14-6-7-14)18(11-28-21)13-5-8-19-17(9-13)23-20(26)10-27-19/h2-5,8-9,11,14H,6-7,10H2,1H3,(H,23,26). The van der Waals surface area contributed by atoms with Crippen LogP contribution in [0.4, 0.5) is 11.4 Å². The van der Waals surface area contributed by atoms with E-state index < -0.39 is 0 Å². The second-order valence-electron chi connectivity index (χ2n) is 7.05. The molecule has 0 spiro atoms. The van der Waals surface area contributed by atoms with E-state index >= 15 is 0 Å². The lowest BCUT2D eigenvalue weighted by molar-refractivity contribution is -0.118. The van der Waals surface area contributed by atoms with Gasteiger partial charge >= 0.3 is 0 Å². The number of amides is 1. The van der Waals surface area contributed by atoms with E-state index in [1.807, 2.05) is 43.3 Å². The van der Waals surface area contributed by atoms with E-state index in [4.69, 9.17) is 21.3 Å². The maximum absolute atomic E-state index is 11.7. The van der Waals surface area contributed by atoms with Gasteiger partial charge < -0.3 is 14.6 Å². The van der Waals surface area contributed by atoms with Crippen molar-refractivity contribution in [2.75, 3.05) is 11.9 Å². The first-order chi connectivity index (χ1) is 13.6. The van der Waals surface area contributed by atoms with Gasteiger partial charge in [0.2, 0.25) is 0 Å². The molecule has 2 aromatic carbocycles. The maximum atomic E-state index is 11.7. The first-order valence-corrected chi connectivity index (χ1v) is 10.4. The van der Waals surface area contributed by atoms with Gasteiger partial charge in [0.15, 0.2) is 11.4 Å². The molecule has 0 unspecified atom stereocenters. The Labute approximate surface area is 171 Å². The molecule has 28 heavy (non-hydrogen) atoms. The molecular weight excluding hydrogens is 394 g/mol. The van der Waals surface area contributed by atoms with Gasteiger partial charge in [-0.1, -0.05) is 17.7 Å². The average molecular weight is 412 g/mol. The van der Waals surface area contributed by atoms with Gasteiger partial charge in [-0.25, -0.2) is 4.99 Å². The van der Waals surface area contributed by atoms with Crippen LogP contribution in [0.3, 0.4) is 0 Å². The van der Waals surface area contributed by atoms with Gasteiger partial charge in [0.05, 0.1) is 17.1 Å². The van der Waals surface area contributed by atoms with Crippen molar-refractivity contribution in [2.45, 2.75) is 25.8 Å². The van der Waals surface area contributed by atoms with Crippen molar-refractivity contribution in [1.82, 2.24) is 4.57 Å². The molecule has 5 rings (SSSR count). The first kappa shape index (κ1) is 17.5. The largest absolute Gasteiger partial charge is 0.482 e. The molecule has 7 heteroatoms. The van der Waals surface area contributed by atoms with Crippen LogP contribution in [-0.4, -0.2) is 17.1 Å². The molecule has 1 N–H and O–H groups in total. The molecule has 1 amide bonds. The normalized spacial score (nSPS) is 16.5. The Morgan fingerprint density at radius 1 is 1.29 bits per heavy atom. The lowest BCUT2D eigenvalue weighted by Gasteiger charge is -2.19. The average Bonchev–Trinajstić information content (AvgIpc) is 3.45. The van der Waals surface area contributed by atoms with Crippen molar-refractivity contribution in [2.24, 2.45) is 4.99 Å². The number of nitrogens with one attached hydrogen (secondary N) is 1. The van der Waals surface area contributed by atoms with E-state index in [-0.39, 0.29) is 12.5 Å². The molecular formula is C21H18ClN3O2S. The van der Waals surface area contributed by atoms with Crippen LogP contribution in [-0.2, 0) is 4.79 Å². The van der Waals surface area contributed by atoms with Crippen molar-refractivity contribution in [3.63, 3.8) is 0 Å². The highest BCUT2D eigenvalue weighted by Gasteiger charge is 2.28. The summed E-state index contributed by atoms with van der Waals surface area (Å²) in [5.41, 5.74) is 4.73. The summed E-state index contributed by atoms with van der Waals surface area (Å²) in [6.45, 7) is 2.05. The Bertz CT molecular complexity index is 1160. The number of hydrogen-bond donors (Lipinski definition) is 1. The number of halogens is 1. The second kappa shape index (κ2) is 6.79. The van der Waals surface area contributed by atoms with Crippen LogP contribution in [0.2, 0.25) is 5.02 Å². The molecule has 0 radical (unpaired) electrons. The Morgan fingerprint density at radius 3 is 2.96 bits per heavy atom. The fourth-order valence-corrected chi connectivity index (χ4v) is 4.51. The first-order valence-electron chi connectivity index (χ1n) is 9.17. The third-order valence-electron chi connectivity index (χ3n) is 5.02. The minimum absolute atomic E-state index is 0.0644. The van der Waals surface area contributed by atoms with Crippen LogP contribution < -0.4 is 14.9 Å². The van der Waals surface area contributed by atoms with Gasteiger partial charge in [-0.05, 0) is 55.7 Å². The van der Waals surface area contributed by atoms with E-state index in [0.717, 1.165) is 45.2 Å². The number of nitrogens with zero attached hydrogens (tertiary/aromatic N) is 2. The SMILES string of the molecule is Cc1c(Cl)cccc1N=c1scc(-c2ccc3c(c2)NC(=O)CO3)n1C1CC1. The van der Waals surface area contributed by atoms with Gasteiger partial charge in [-0.15, -0.1) is 11.3 Å². The highest BCUT2D eigenvalue weighted by molar-refractivity contribution is 7.07. The minimum atomic E-state index is -0.128. The summed E-state index contributed by atoms with van der Waals surface area (Å²) in [6, 6.07) is 12.2. The zero-order valence-electron chi connectivity index (χ0n) is 15.2. The fraction of sp³-hybridized carbons (Fsp3) is 0.238. The van der Waals surface area contributed by atoms with Gasteiger partial charge in [0.25, 0.3) is 5.91 Å². The number of carbonyl (C=O) groups is 1. The van der Waals surface area contributed by atoms with Crippen LogP contribution in [0.5, 0.6) is 5.75 Å². The van der Waals surface area contributed by atoms with Crippen LogP contribution in [0.1, 0.15) is 24.4 Å². The number of fused-ring (bicyclic) bond motifs is 1. The molecule has 1 aliphatic heterocycles. The summed E-state index contributed by atoms with van der Waals surface area (Å²) in [5.74, 6) is 0.577. The molecule has 3 aromatic rings. The van der Waals surface area contributed by atoms with Crippen molar-refractivity contribution in [3.8, 4) is 17.0 Å². The molecule has 142 valence electrons. The van der Waals surface area contributed by atoms with E-state index in [1.54, 1.807) is 11.3 Å². The smallest absolute Gasteiger partial charge is 0.262 e. The van der Waals surface area contributed by atoms with Crippen LogP contribution >= 0.6 is 22.9 Å². The Hall–Kier alpha value is -2.57. The molecule has 1 aromatic heterocycles. The van der Waals surface area contributed by atoms with E-state index in [9.17, 15) is 4.79 Å². The van der Waals surface area contributed by atoms with E-state index in [2.05, 4.69) is 15.3 Å². The zero-order valence-corrected chi connectivity index (χ0v) is 16.8. The predicted octanol–water partition coefficient (Wildman–Crippen LogP) is 5.08. The summed E-state index contributed by atoms with van der Waals surface area (Å²) < 4.78 is 7.78. The maximum Gasteiger partial charge on any atom is 0.262 e. The van der Waals surface area contributed by atoms with Crippen molar-refractivity contribution < 1.29 is 9.53 Å². The number of ether oxygens (including phenoxy) is 1. The lowest BCUT2D eigenvalue weighted by Crippen LogP contribution is -2.25. The molecule has 0 bridgehead atoms. The molecule has 1 saturated carbocycles. The molecule has 1 aliphatic carbocycles. The lowest BCUT2D eigenvalue weighted by atomic mass is 10.1. The summed E-state index contributed by atoms with van der Waals surface area (Å²) in [6.07, 6.45) is 2.30. The van der Waals surface area contributed by atoms with Crippen molar-refractivity contribution in [3.05, 3.63) is 57.2 Å². The summed E-state index contributed by atoms with van der Waals surface area (Å²) in [5, 5.41) is 5.74. The third-order valence-corrected chi connectivity index (χ3v) is 6.27. The van der Waals surface area contributed by atoms with E-state index in [0.29, 0.717) is 17.5 Å². The van der Waals surface area contributed by atoms with Gasteiger partial charge in [-0.3, -0.25) is 4.79 Å². The molecule has 0 saturated heterocycles. The molecule has 2 heterocycles. The monoisotopic (exact) mass is 411 g/mol. The Morgan fingerprint density at radius 2 is 2.14 bits per heavy atom.